The fourth-order valence-corrected chi connectivity index (χ4v) is 1.60. The Labute approximate surface area is 77.5 Å². The first-order valence-electron chi connectivity index (χ1n) is 4.60. The molecule has 1 fully saturated rings. The van der Waals surface area contributed by atoms with Crippen molar-refractivity contribution in [3.63, 3.8) is 0 Å². The number of hydrogen-bond acceptors (Lipinski definition) is 2. The third-order valence-corrected chi connectivity index (χ3v) is 2.88. The van der Waals surface area contributed by atoms with Gasteiger partial charge in [-0.3, -0.25) is 4.79 Å². The highest BCUT2D eigenvalue weighted by Gasteiger charge is 2.36. The number of carboxylic acids is 1. The van der Waals surface area contributed by atoms with E-state index in [0.29, 0.717) is 32.5 Å². The van der Waals surface area contributed by atoms with Crippen molar-refractivity contribution in [3.8, 4) is 0 Å². The van der Waals surface area contributed by atoms with Gasteiger partial charge in [-0.25, -0.2) is 4.39 Å². The van der Waals surface area contributed by atoms with Gasteiger partial charge in [-0.1, -0.05) is 0 Å². The third-order valence-electron chi connectivity index (χ3n) is 2.88. The normalized spacial score (nSPS) is 22.9. The van der Waals surface area contributed by atoms with E-state index in [1.54, 1.807) is 6.92 Å². The maximum absolute atomic E-state index is 12.0. The number of hydrogen-bond donors (Lipinski definition) is 1. The second-order valence-electron chi connectivity index (χ2n) is 3.90. The lowest BCUT2D eigenvalue weighted by Crippen LogP contribution is -2.43. The quantitative estimate of drug-likeness (QED) is 0.723. The van der Waals surface area contributed by atoms with Gasteiger partial charge in [-0.15, -0.1) is 0 Å². The molecule has 4 heteroatoms. The average Bonchev–Trinajstić information content (AvgIpc) is 2.09. The second kappa shape index (κ2) is 4.05. The van der Waals surface area contributed by atoms with Crippen LogP contribution in [0.3, 0.4) is 0 Å². The van der Waals surface area contributed by atoms with Gasteiger partial charge in [0.05, 0.1) is 5.41 Å². The molecule has 1 heterocycles. The highest BCUT2D eigenvalue weighted by atomic mass is 19.1. The van der Waals surface area contributed by atoms with E-state index < -0.39 is 11.4 Å². The Morgan fingerprint density at radius 2 is 2.08 bits per heavy atom. The Hall–Kier alpha value is -0.640. The molecule has 0 saturated carbocycles. The molecule has 1 saturated heterocycles. The Morgan fingerprint density at radius 3 is 2.46 bits per heavy atom. The standard InChI is InChI=1S/C9H16FNO2/c1-9(8(12)13)2-5-11(6-3-9)7-4-10/h2-7H2,1H3,(H,12,13). The molecule has 0 radical (unpaired) electrons. The van der Waals surface area contributed by atoms with Crippen molar-refractivity contribution in [1.82, 2.24) is 4.90 Å². The molecule has 0 bridgehead atoms. The first kappa shape index (κ1) is 10.4. The summed E-state index contributed by atoms with van der Waals surface area (Å²) in [5.41, 5.74) is -0.590. The zero-order valence-electron chi connectivity index (χ0n) is 7.92. The van der Waals surface area contributed by atoms with Crippen LogP contribution in [0, 0.1) is 5.41 Å². The fourth-order valence-electron chi connectivity index (χ4n) is 1.60. The smallest absolute Gasteiger partial charge is 0.309 e. The van der Waals surface area contributed by atoms with E-state index in [2.05, 4.69) is 0 Å². The zero-order chi connectivity index (χ0) is 9.90. The van der Waals surface area contributed by atoms with Crippen molar-refractivity contribution >= 4 is 5.97 Å². The van der Waals surface area contributed by atoms with Gasteiger partial charge in [0.25, 0.3) is 0 Å². The summed E-state index contributed by atoms with van der Waals surface area (Å²) in [6, 6.07) is 0. The van der Waals surface area contributed by atoms with Crippen LogP contribution in [0.15, 0.2) is 0 Å². The summed E-state index contributed by atoms with van der Waals surface area (Å²) >= 11 is 0. The molecular weight excluding hydrogens is 173 g/mol. The van der Waals surface area contributed by atoms with Crippen LogP contribution in [0.4, 0.5) is 4.39 Å². The van der Waals surface area contributed by atoms with Gasteiger partial charge < -0.3 is 10.0 Å². The molecule has 0 amide bonds. The van der Waals surface area contributed by atoms with Gasteiger partial charge in [0.2, 0.25) is 0 Å². The number of rotatable bonds is 3. The van der Waals surface area contributed by atoms with Crippen molar-refractivity contribution < 1.29 is 14.3 Å². The summed E-state index contributed by atoms with van der Waals surface area (Å²) in [4.78, 5) is 12.8. The van der Waals surface area contributed by atoms with Crippen LogP contribution in [-0.4, -0.2) is 42.3 Å². The first-order valence-corrected chi connectivity index (χ1v) is 4.60. The van der Waals surface area contributed by atoms with Crippen molar-refractivity contribution in [2.45, 2.75) is 19.8 Å². The van der Waals surface area contributed by atoms with Crippen molar-refractivity contribution in [2.75, 3.05) is 26.3 Å². The molecule has 1 aliphatic heterocycles. The minimum Gasteiger partial charge on any atom is -0.481 e. The van der Waals surface area contributed by atoms with Crippen molar-refractivity contribution in [3.05, 3.63) is 0 Å². The molecule has 1 aliphatic rings. The van der Waals surface area contributed by atoms with Crippen molar-refractivity contribution in [2.24, 2.45) is 5.41 Å². The van der Waals surface area contributed by atoms with E-state index in [0.717, 1.165) is 0 Å². The molecular formula is C9H16FNO2. The van der Waals surface area contributed by atoms with Crippen molar-refractivity contribution in [1.29, 1.82) is 0 Å². The molecule has 3 nitrogen and oxygen atoms in total. The van der Waals surface area contributed by atoms with E-state index >= 15 is 0 Å². The lowest BCUT2D eigenvalue weighted by molar-refractivity contribution is -0.150. The topological polar surface area (TPSA) is 40.5 Å². The SMILES string of the molecule is CC1(C(=O)O)CCN(CCF)CC1. The largest absolute Gasteiger partial charge is 0.481 e. The van der Waals surface area contributed by atoms with Gasteiger partial charge >= 0.3 is 5.97 Å². The number of aliphatic carboxylic acids is 1. The number of carbonyl (C=O) groups is 1. The summed E-state index contributed by atoms with van der Waals surface area (Å²) in [5.74, 6) is -0.729. The van der Waals surface area contributed by atoms with Crippen LogP contribution in [0.2, 0.25) is 0 Å². The number of alkyl halides is 1. The number of likely N-dealkylation sites (tertiary alicyclic amines) is 1. The van der Waals surface area contributed by atoms with Crippen LogP contribution in [-0.2, 0) is 4.79 Å². The third kappa shape index (κ3) is 2.40. The van der Waals surface area contributed by atoms with E-state index in [1.807, 2.05) is 4.90 Å². The fraction of sp³-hybridized carbons (Fsp3) is 0.889. The highest BCUT2D eigenvalue weighted by Crippen LogP contribution is 2.30. The minimum atomic E-state index is -0.729. The lowest BCUT2D eigenvalue weighted by atomic mass is 9.80. The maximum atomic E-state index is 12.0. The van der Waals surface area contributed by atoms with Gasteiger partial charge in [-0.2, -0.15) is 0 Å². The molecule has 0 aromatic carbocycles. The summed E-state index contributed by atoms with van der Waals surface area (Å²) in [5, 5.41) is 8.92. The summed E-state index contributed by atoms with van der Waals surface area (Å²) < 4.78 is 12.0. The summed E-state index contributed by atoms with van der Waals surface area (Å²) in [7, 11) is 0. The Balaban J connectivity index is 2.42. The van der Waals surface area contributed by atoms with E-state index in [9.17, 15) is 9.18 Å². The van der Waals surface area contributed by atoms with Crippen LogP contribution in [0.1, 0.15) is 19.8 Å². The lowest BCUT2D eigenvalue weighted by Gasteiger charge is -2.35. The van der Waals surface area contributed by atoms with Gasteiger partial charge in [0.1, 0.15) is 6.67 Å². The van der Waals surface area contributed by atoms with Crippen LogP contribution < -0.4 is 0 Å². The molecule has 0 spiro atoms. The Morgan fingerprint density at radius 1 is 1.54 bits per heavy atom. The van der Waals surface area contributed by atoms with Crippen LogP contribution in [0.5, 0.6) is 0 Å². The predicted octanol–water partition coefficient (Wildman–Crippen LogP) is 1.14. The maximum Gasteiger partial charge on any atom is 0.309 e. The number of piperidine rings is 1. The number of halogens is 1. The van der Waals surface area contributed by atoms with E-state index in [-0.39, 0.29) is 6.67 Å². The molecule has 13 heavy (non-hydrogen) atoms. The molecule has 76 valence electrons. The van der Waals surface area contributed by atoms with Gasteiger partial charge in [0.15, 0.2) is 0 Å². The van der Waals surface area contributed by atoms with E-state index in [1.165, 1.54) is 0 Å². The molecule has 1 rings (SSSR count). The van der Waals surface area contributed by atoms with Crippen LogP contribution in [0.25, 0.3) is 0 Å². The Kier molecular flexibility index (Phi) is 3.25. The number of nitrogens with zero attached hydrogens (tertiary/aromatic N) is 1. The molecule has 0 aromatic heterocycles. The van der Waals surface area contributed by atoms with Gasteiger partial charge in [0, 0.05) is 6.54 Å². The Bertz CT molecular complexity index is 188. The molecule has 0 aliphatic carbocycles. The molecule has 0 aromatic rings. The summed E-state index contributed by atoms with van der Waals surface area (Å²) in [6.07, 6.45) is 1.25. The van der Waals surface area contributed by atoms with Gasteiger partial charge in [-0.05, 0) is 32.9 Å². The van der Waals surface area contributed by atoms with E-state index in [4.69, 9.17) is 5.11 Å². The minimum absolute atomic E-state index is 0.343. The molecule has 0 atom stereocenters. The molecule has 1 N–H and O–H groups in total. The first-order chi connectivity index (χ1) is 6.08. The second-order valence-corrected chi connectivity index (χ2v) is 3.90. The predicted molar refractivity (Wildman–Crippen MR) is 47.4 cm³/mol. The highest BCUT2D eigenvalue weighted by molar-refractivity contribution is 5.74. The summed E-state index contributed by atoms with van der Waals surface area (Å²) in [6.45, 7) is 3.26. The zero-order valence-corrected chi connectivity index (χ0v) is 7.92. The number of carboxylic acid groups (broad SMARTS) is 1. The van der Waals surface area contributed by atoms with Crippen LogP contribution >= 0.6 is 0 Å². The average molecular weight is 189 g/mol. The monoisotopic (exact) mass is 189 g/mol. The molecule has 0 unspecified atom stereocenters.